The number of para-hydroxylation sites is 3. The van der Waals surface area contributed by atoms with E-state index in [4.69, 9.17) is 27.2 Å². The van der Waals surface area contributed by atoms with Gasteiger partial charge in [0.25, 0.3) is 0 Å². The SMILES string of the molecule is S=c1n(-c2ccccc2)c2ccc(-c3cc(-c4ccccc4)nc(-c4ccccc4)n3)cc2c2nc3ccccc3n12. The molecule has 3 heterocycles. The van der Waals surface area contributed by atoms with Crippen LogP contribution in [0.5, 0.6) is 0 Å². The van der Waals surface area contributed by atoms with Gasteiger partial charge < -0.3 is 0 Å². The van der Waals surface area contributed by atoms with Crippen molar-refractivity contribution in [1.29, 1.82) is 0 Å². The molecule has 0 aliphatic rings. The first kappa shape index (κ1) is 24.3. The molecule has 0 saturated heterocycles. The number of fused-ring (bicyclic) bond motifs is 5. The van der Waals surface area contributed by atoms with Crippen LogP contribution in [-0.2, 0) is 0 Å². The maximum atomic E-state index is 6.12. The quantitative estimate of drug-likeness (QED) is 0.203. The van der Waals surface area contributed by atoms with Crippen molar-refractivity contribution < 1.29 is 0 Å². The molecule has 8 aromatic rings. The summed E-state index contributed by atoms with van der Waals surface area (Å²) < 4.78 is 4.87. The van der Waals surface area contributed by atoms with Gasteiger partial charge >= 0.3 is 0 Å². The summed E-state index contributed by atoms with van der Waals surface area (Å²) in [6.45, 7) is 0. The average molecular weight is 558 g/mol. The fourth-order valence-corrected chi connectivity index (χ4v) is 5.96. The van der Waals surface area contributed by atoms with E-state index in [1.807, 2.05) is 84.9 Å². The van der Waals surface area contributed by atoms with Crippen LogP contribution in [0, 0.1) is 4.77 Å². The zero-order valence-corrected chi connectivity index (χ0v) is 23.2. The van der Waals surface area contributed by atoms with Crippen LogP contribution in [0.4, 0.5) is 0 Å². The predicted octanol–water partition coefficient (Wildman–Crippen LogP) is 8.95. The Bertz CT molecular complexity index is 2250. The highest BCUT2D eigenvalue weighted by Crippen LogP contribution is 2.33. The molecule has 6 heteroatoms. The molecule has 0 spiro atoms. The summed E-state index contributed by atoms with van der Waals surface area (Å²) in [4.78, 5) is 15.1. The second kappa shape index (κ2) is 9.87. The number of nitrogens with zero attached hydrogens (tertiary/aromatic N) is 5. The Balaban J connectivity index is 1.44. The van der Waals surface area contributed by atoms with Gasteiger partial charge in [0.2, 0.25) is 0 Å². The lowest BCUT2D eigenvalue weighted by atomic mass is 10.0. The van der Waals surface area contributed by atoms with Crippen LogP contribution in [0.1, 0.15) is 0 Å². The lowest BCUT2D eigenvalue weighted by Crippen LogP contribution is -2.05. The van der Waals surface area contributed by atoms with Crippen LogP contribution in [0.2, 0.25) is 0 Å². The topological polar surface area (TPSA) is 48.0 Å². The van der Waals surface area contributed by atoms with Crippen molar-refractivity contribution in [3.63, 3.8) is 0 Å². The molecule has 5 aromatic carbocycles. The molecule has 8 rings (SSSR count). The van der Waals surface area contributed by atoms with Crippen LogP contribution in [0.25, 0.3) is 67.2 Å². The lowest BCUT2D eigenvalue weighted by Gasteiger charge is -2.15. The third kappa shape index (κ3) is 4.00. The number of imidazole rings is 1. The van der Waals surface area contributed by atoms with Crippen molar-refractivity contribution in [1.82, 2.24) is 23.9 Å². The van der Waals surface area contributed by atoms with Gasteiger partial charge in [-0.1, -0.05) is 97.1 Å². The summed E-state index contributed by atoms with van der Waals surface area (Å²) in [6.07, 6.45) is 0. The van der Waals surface area contributed by atoms with Crippen LogP contribution in [0.3, 0.4) is 0 Å². The van der Waals surface area contributed by atoms with Crippen LogP contribution in [0.15, 0.2) is 140 Å². The van der Waals surface area contributed by atoms with Crippen molar-refractivity contribution in [3.8, 4) is 39.6 Å². The third-order valence-corrected chi connectivity index (χ3v) is 7.92. The first-order valence-electron chi connectivity index (χ1n) is 13.8. The molecular weight excluding hydrogens is 534 g/mol. The summed E-state index contributed by atoms with van der Waals surface area (Å²) in [7, 11) is 0. The summed E-state index contributed by atoms with van der Waals surface area (Å²) in [5.41, 5.74) is 9.39. The van der Waals surface area contributed by atoms with Gasteiger partial charge in [-0.15, -0.1) is 0 Å². The lowest BCUT2D eigenvalue weighted by molar-refractivity contribution is 0.979. The Labute approximate surface area is 247 Å². The monoisotopic (exact) mass is 557 g/mol. The summed E-state index contributed by atoms with van der Waals surface area (Å²) in [5.74, 6) is 0.684. The molecule has 0 aliphatic heterocycles. The van der Waals surface area contributed by atoms with E-state index in [2.05, 4.69) is 63.6 Å². The number of hydrogen-bond donors (Lipinski definition) is 0. The number of benzene rings is 5. The predicted molar refractivity (Wildman–Crippen MR) is 172 cm³/mol. The smallest absolute Gasteiger partial charge is 0.191 e. The highest BCUT2D eigenvalue weighted by molar-refractivity contribution is 7.71. The maximum Gasteiger partial charge on any atom is 0.191 e. The van der Waals surface area contributed by atoms with E-state index >= 15 is 0 Å². The van der Waals surface area contributed by atoms with Crippen LogP contribution in [-0.4, -0.2) is 23.9 Å². The molecule has 0 unspecified atom stereocenters. The Morgan fingerprint density at radius 2 is 1.12 bits per heavy atom. The van der Waals surface area contributed by atoms with Crippen molar-refractivity contribution in [3.05, 3.63) is 144 Å². The Kier molecular flexibility index (Phi) is 5.72. The number of aromatic nitrogens is 5. The van der Waals surface area contributed by atoms with Gasteiger partial charge in [0, 0.05) is 27.8 Å². The number of rotatable bonds is 4. The first-order chi connectivity index (χ1) is 20.7. The van der Waals surface area contributed by atoms with E-state index < -0.39 is 0 Å². The standard InChI is InChI=1S/C36H23N5S/c42-36-40(27-16-8-3-9-17-27)32-21-20-26(22-28(32)35-39-29-18-10-11-19-33(29)41(35)36)31-23-30(24-12-4-1-5-13-24)37-34(38-31)25-14-6-2-7-15-25/h1-23H. The molecule has 0 N–H and O–H groups in total. The minimum atomic E-state index is 0.671. The van der Waals surface area contributed by atoms with Gasteiger partial charge in [0.05, 0.1) is 27.9 Å². The highest BCUT2D eigenvalue weighted by Gasteiger charge is 2.17. The summed E-state index contributed by atoms with van der Waals surface area (Å²) in [5, 5.41) is 0.988. The Morgan fingerprint density at radius 1 is 0.500 bits per heavy atom. The Hall–Kier alpha value is -5.46. The minimum absolute atomic E-state index is 0.671. The molecule has 198 valence electrons. The van der Waals surface area contributed by atoms with Crippen molar-refractivity contribution in [2.75, 3.05) is 0 Å². The van der Waals surface area contributed by atoms with E-state index in [-0.39, 0.29) is 0 Å². The average Bonchev–Trinajstić information content (AvgIpc) is 3.46. The van der Waals surface area contributed by atoms with Gasteiger partial charge in [-0.05, 0) is 54.7 Å². The van der Waals surface area contributed by atoms with Crippen LogP contribution < -0.4 is 0 Å². The number of hydrogen-bond acceptors (Lipinski definition) is 4. The first-order valence-corrected chi connectivity index (χ1v) is 14.2. The molecule has 5 nitrogen and oxygen atoms in total. The van der Waals surface area contributed by atoms with E-state index in [1.54, 1.807) is 0 Å². The highest BCUT2D eigenvalue weighted by atomic mass is 32.1. The molecule has 0 aliphatic carbocycles. The Morgan fingerprint density at radius 3 is 1.86 bits per heavy atom. The maximum absolute atomic E-state index is 6.12. The summed E-state index contributed by atoms with van der Waals surface area (Å²) >= 11 is 6.12. The molecular formula is C36H23N5S. The van der Waals surface area contributed by atoms with E-state index in [0.29, 0.717) is 10.6 Å². The van der Waals surface area contributed by atoms with Crippen molar-refractivity contribution >= 4 is 39.8 Å². The van der Waals surface area contributed by atoms with E-state index in [9.17, 15) is 0 Å². The van der Waals surface area contributed by atoms with Gasteiger partial charge in [0.15, 0.2) is 10.6 Å². The van der Waals surface area contributed by atoms with Gasteiger partial charge in [-0.25, -0.2) is 15.0 Å². The molecule has 0 amide bonds. The molecule has 42 heavy (non-hydrogen) atoms. The fraction of sp³-hybridized carbons (Fsp3) is 0. The fourth-order valence-electron chi connectivity index (χ4n) is 5.57. The summed E-state index contributed by atoms with van der Waals surface area (Å²) in [6, 6.07) is 47.2. The molecule has 0 fully saturated rings. The normalized spacial score (nSPS) is 11.4. The molecule has 0 saturated carbocycles. The minimum Gasteiger partial charge on any atom is -0.286 e. The molecule has 3 aromatic heterocycles. The van der Waals surface area contributed by atoms with E-state index in [0.717, 1.165) is 61.3 Å². The third-order valence-electron chi connectivity index (χ3n) is 7.56. The molecule has 0 radical (unpaired) electrons. The van der Waals surface area contributed by atoms with Crippen molar-refractivity contribution in [2.24, 2.45) is 0 Å². The molecule has 0 atom stereocenters. The zero-order chi connectivity index (χ0) is 28.0. The van der Waals surface area contributed by atoms with Gasteiger partial charge in [0.1, 0.15) is 5.65 Å². The molecule has 0 bridgehead atoms. The van der Waals surface area contributed by atoms with Gasteiger partial charge in [-0.3, -0.25) is 8.97 Å². The zero-order valence-electron chi connectivity index (χ0n) is 22.4. The van der Waals surface area contributed by atoms with Gasteiger partial charge in [-0.2, -0.15) is 0 Å². The second-order valence-electron chi connectivity index (χ2n) is 10.1. The largest absolute Gasteiger partial charge is 0.286 e. The second-order valence-corrected chi connectivity index (χ2v) is 10.5. The van der Waals surface area contributed by atoms with Crippen molar-refractivity contribution in [2.45, 2.75) is 0 Å². The van der Waals surface area contributed by atoms with E-state index in [1.165, 1.54) is 0 Å². The van der Waals surface area contributed by atoms with Crippen LogP contribution >= 0.6 is 12.2 Å².